The van der Waals surface area contributed by atoms with Gasteiger partial charge in [-0.25, -0.2) is 0 Å². The second kappa shape index (κ2) is 5.79. The lowest BCUT2D eigenvalue weighted by atomic mass is 9.92. The van der Waals surface area contributed by atoms with Gasteiger partial charge in [0.2, 0.25) is 5.91 Å². The van der Waals surface area contributed by atoms with Gasteiger partial charge in [0.25, 0.3) is 5.95 Å². The molecule has 1 aliphatic carbocycles. The zero-order valence-electron chi connectivity index (χ0n) is 13.5. The topological polar surface area (TPSA) is 75.4 Å². The summed E-state index contributed by atoms with van der Waals surface area (Å²) in [5.41, 5.74) is 3.40. The first-order valence-electron chi connectivity index (χ1n) is 8.54. The van der Waals surface area contributed by atoms with Crippen molar-refractivity contribution in [1.82, 2.24) is 19.8 Å². The van der Waals surface area contributed by atoms with Crippen molar-refractivity contribution in [3.05, 3.63) is 11.1 Å². The van der Waals surface area contributed by atoms with Gasteiger partial charge in [-0.15, -0.1) is 15.3 Å². The summed E-state index contributed by atoms with van der Waals surface area (Å²) in [6.07, 6.45) is 8.19. The van der Waals surface area contributed by atoms with Crippen molar-refractivity contribution in [2.24, 2.45) is 0 Å². The van der Waals surface area contributed by atoms with Gasteiger partial charge >= 0.3 is 0 Å². The highest BCUT2D eigenvalue weighted by Gasteiger charge is 2.25. The Morgan fingerprint density at radius 2 is 1.74 bits per heavy atom. The molecule has 1 N–H and O–H groups in total. The van der Waals surface area contributed by atoms with Crippen LogP contribution in [-0.4, -0.2) is 38.8 Å². The molecule has 2 aromatic heterocycles. The predicted octanol–water partition coefficient (Wildman–Crippen LogP) is 1.95. The van der Waals surface area contributed by atoms with Gasteiger partial charge in [0.05, 0.1) is 0 Å². The molecule has 2 aromatic rings. The fraction of sp³-hybridized carbons (Fsp3) is 0.625. The summed E-state index contributed by atoms with van der Waals surface area (Å²) >= 11 is 0. The first kappa shape index (κ1) is 14.4. The molecule has 0 bridgehead atoms. The summed E-state index contributed by atoms with van der Waals surface area (Å²) in [5.74, 6) is 1.33. The lowest BCUT2D eigenvalue weighted by Gasteiger charge is -2.31. The Bertz CT molecular complexity index is 747. The number of nitrogens with one attached hydrogen (secondary N) is 1. The number of piperidine rings is 1. The smallest absolute Gasteiger partial charge is 0.252 e. The van der Waals surface area contributed by atoms with E-state index in [9.17, 15) is 4.79 Å². The molecule has 0 saturated carbocycles. The van der Waals surface area contributed by atoms with Crippen LogP contribution in [0.3, 0.4) is 0 Å². The fourth-order valence-electron chi connectivity index (χ4n) is 3.71. The Hall–Kier alpha value is -2.18. The molecule has 7 nitrogen and oxygen atoms in total. The van der Waals surface area contributed by atoms with Crippen molar-refractivity contribution in [2.45, 2.75) is 51.9 Å². The number of hydrogen-bond acceptors (Lipinski definition) is 5. The van der Waals surface area contributed by atoms with Gasteiger partial charge in [0.1, 0.15) is 0 Å². The average molecular weight is 314 g/mol. The number of hydrogen-bond donors (Lipinski definition) is 1. The molecule has 7 heteroatoms. The van der Waals surface area contributed by atoms with E-state index in [2.05, 4.69) is 20.4 Å². The van der Waals surface area contributed by atoms with E-state index in [1.807, 2.05) is 0 Å². The molecule has 1 aliphatic heterocycles. The van der Waals surface area contributed by atoms with Crippen LogP contribution >= 0.6 is 0 Å². The Morgan fingerprint density at radius 3 is 2.48 bits per heavy atom. The van der Waals surface area contributed by atoms with Crippen LogP contribution in [0.5, 0.6) is 0 Å². The molecule has 0 atom stereocenters. The van der Waals surface area contributed by atoms with Crippen molar-refractivity contribution in [1.29, 1.82) is 0 Å². The molecular weight excluding hydrogens is 292 g/mol. The van der Waals surface area contributed by atoms with Gasteiger partial charge in [-0.2, -0.15) is 4.52 Å². The molecule has 1 amide bonds. The molecule has 0 radical (unpaired) electrons. The number of aromatic nitrogens is 4. The van der Waals surface area contributed by atoms with Crippen LogP contribution in [0.15, 0.2) is 0 Å². The van der Waals surface area contributed by atoms with E-state index in [0.717, 1.165) is 37.4 Å². The predicted molar refractivity (Wildman–Crippen MR) is 87.8 cm³/mol. The van der Waals surface area contributed by atoms with E-state index in [0.29, 0.717) is 5.95 Å². The number of nitrogens with zero attached hydrogens (tertiary/aromatic N) is 5. The third kappa shape index (κ3) is 2.54. The number of anilines is 2. The second-order valence-electron chi connectivity index (χ2n) is 6.48. The standard InChI is InChI=1S/C16H22N6O/c1-11(23)17-16-19-18-14-12-7-3-4-8-13(12)15(20-22(14)16)21-9-5-2-6-10-21/h2-10H2,1H3,(H,17,19,23). The second-order valence-corrected chi connectivity index (χ2v) is 6.48. The van der Waals surface area contributed by atoms with Crippen molar-refractivity contribution in [3.8, 4) is 0 Å². The van der Waals surface area contributed by atoms with Gasteiger partial charge in [-0.05, 0) is 44.9 Å². The molecule has 0 spiro atoms. The molecular formula is C16H22N6O. The molecule has 3 heterocycles. The van der Waals surface area contributed by atoms with Crippen molar-refractivity contribution < 1.29 is 4.79 Å². The molecule has 1 saturated heterocycles. The summed E-state index contributed by atoms with van der Waals surface area (Å²) < 4.78 is 1.72. The molecule has 0 aromatic carbocycles. The minimum absolute atomic E-state index is 0.154. The summed E-state index contributed by atoms with van der Waals surface area (Å²) in [4.78, 5) is 13.8. The number of carbonyl (C=O) groups excluding carboxylic acids is 1. The first-order chi connectivity index (χ1) is 11.2. The van der Waals surface area contributed by atoms with Gasteiger partial charge in [0.15, 0.2) is 11.5 Å². The lowest BCUT2D eigenvalue weighted by molar-refractivity contribution is -0.114. The summed E-state index contributed by atoms with van der Waals surface area (Å²) in [6, 6.07) is 0. The third-order valence-corrected chi connectivity index (χ3v) is 4.79. The summed E-state index contributed by atoms with van der Waals surface area (Å²) in [7, 11) is 0. The third-order valence-electron chi connectivity index (χ3n) is 4.79. The maximum Gasteiger partial charge on any atom is 0.252 e. The monoisotopic (exact) mass is 314 g/mol. The van der Waals surface area contributed by atoms with Gasteiger partial charge < -0.3 is 4.90 Å². The number of rotatable bonds is 2. The zero-order chi connectivity index (χ0) is 15.8. The lowest BCUT2D eigenvalue weighted by Crippen LogP contribution is -2.32. The summed E-state index contributed by atoms with van der Waals surface area (Å²) in [6.45, 7) is 3.59. The van der Waals surface area contributed by atoms with Crippen LogP contribution in [0.25, 0.3) is 5.65 Å². The maximum atomic E-state index is 11.4. The maximum absolute atomic E-state index is 11.4. The number of fused-ring (bicyclic) bond motifs is 3. The van der Waals surface area contributed by atoms with Crippen LogP contribution in [0.4, 0.5) is 11.8 Å². The quantitative estimate of drug-likeness (QED) is 0.917. The van der Waals surface area contributed by atoms with Gasteiger partial charge in [-0.1, -0.05) is 0 Å². The van der Waals surface area contributed by atoms with Gasteiger partial charge in [-0.3, -0.25) is 10.1 Å². The van der Waals surface area contributed by atoms with Gasteiger partial charge in [0, 0.05) is 31.1 Å². The van der Waals surface area contributed by atoms with Crippen molar-refractivity contribution >= 4 is 23.3 Å². The Labute approximate surface area is 135 Å². The minimum Gasteiger partial charge on any atom is -0.355 e. The van der Waals surface area contributed by atoms with E-state index in [1.165, 1.54) is 50.2 Å². The molecule has 0 unspecified atom stereocenters. The van der Waals surface area contributed by atoms with Crippen LogP contribution in [0.1, 0.15) is 50.2 Å². The Kier molecular flexibility index (Phi) is 3.63. The van der Waals surface area contributed by atoms with Crippen LogP contribution in [0.2, 0.25) is 0 Å². The highest BCUT2D eigenvalue weighted by atomic mass is 16.1. The first-order valence-corrected chi connectivity index (χ1v) is 8.54. The fourth-order valence-corrected chi connectivity index (χ4v) is 3.71. The SMILES string of the molecule is CC(=O)Nc1nnc2c3c(c(N4CCCCC4)nn12)CCCC3. The average Bonchev–Trinajstić information content (AvgIpc) is 2.97. The van der Waals surface area contributed by atoms with E-state index in [1.54, 1.807) is 4.52 Å². The largest absolute Gasteiger partial charge is 0.355 e. The van der Waals surface area contributed by atoms with Crippen LogP contribution in [0, 0.1) is 0 Å². The van der Waals surface area contributed by atoms with E-state index in [4.69, 9.17) is 5.10 Å². The van der Waals surface area contributed by atoms with Crippen molar-refractivity contribution in [3.63, 3.8) is 0 Å². The molecule has 2 aliphatic rings. The normalized spacial score (nSPS) is 18.0. The number of aryl methyl sites for hydroxylation is 1. The highest BCUT2D eigenvalue weighted by molar-refractivity contribution is 5.87. The number of carbonyl (C=O) groups is 1. The van der Waals surface area contributed by atoms with Crippen LogP contribution < -0.4 is 10.2 Å². The van der Waals surface area contributed by atoms with Crippen molar-refractivity contribution in [2.75, 3.05) is 23.3 Å². The molecule has 4 rings (SSSR count). The zero-order valence-corrected chi connectivity index (χ0v) is 13.5. The molecule has 122 valence electrons. The highest BCUT2D eigenvalue weighted by Crippen LogP contribution is 2.33. The minimum atomic E-state index is -0.154. The van der Waals surface area contributed by atoms with Crippen LogP contribution in [-0.2, 0) is 17.6 Å². The Morgan fingerprint density at radius 1 is 1.00 bits per heavy atom. The molecule has 1 fully saturated rings. The summed E-state index contributed by atoms with van der Waals surface area (Å²) in [5, 5.41) is 16.0. The number of amides is 1. The van der Waals surface area contributed by atoms with E-state index >= 15 is 0 Å². The Balaban J connectivity index is 1.87. The van der Waals surface area contributed by atoms with E-state index in [-0.39, 0.29) is 5.91 Å². The van der Waals surface area contributed by atoms with E-state index < -0.39 is 0 Å². The molecule has 23 heavy (non-hydrogen) atoms.